The molecule has 0 N–H and O–H groups in total. The molecule has 0 amide bonds. The standard InChI is InChI=1S/C20H23N3O2/c1-15(2)22(13-16-7-5-4-6-8-16)14-23-19-10-9-17(20(24)25-3)11-18(19)12-21-23/h4-12,15H,13-14H2,1-3H3. The lowest BCUT2D eigenvalue weighted by atomic mass is 10.1. The van der Waals surface area contributed by atoms with Gasteiger partial charge in [-0.2, -0.15) is 5.10 Å². The summed E-state index contributed by atoms with van der Waals surface area (Å²) in [6, 6.07) is 16.3. The van der Waals surface area contributed by atoms with E-state index in [1.54, 1.807) is 12.3 Å². The van der Waals surface area contributed by atoms with E-state index in [2.05, 4.69) is 48.1 Å². The number of benzene rings is 2. The molecule has 0 unspecified atom stereocenters. The SMILES string of the molecule is COC(=O)c1ccc2c(cnn2CN(Cc2ccccc2)C(C)C)c1. The zero-order chi connectivity index (χ0) is 17.8. The van der Waals surface area contributed by atoms with Crippen LogP contribution in [-0.4, -0.2) is 33.8 Å². The molecule has 3 aromatic rings. The third-order valence-corrected chi connectivity index (χ3v) is 4.34. The molecule has 0 atom stereocenters. The number of ether oxygens (including phenoxy) is 1. The maximum absolute atomic E-state index is 11.7. The van der Waals surface area contributed by atoms with E-state index in [1.807, 2.05) is 22.9 Å². The van der Waals surface area contributed by atoms with Gasteiger partial charge in [-0.1, -0.05) is 30.3 Å². The smallest absolute Gasteiger partial charge is 0.337 e. The van der Waals surface area contributed by atoms with Gasteiger partial charge in [0, 0.05) is 18.0 Å². The number of aromatic nitrogens is 2. The van der Waals surface area contributed by atoms with Gasteiger partial charge in [0.2, 0.25) is 0 Å². The van der Waals surface area contributed by atoms with Crippen LogP contribution in [0.5, 0.6) is 0 Å². The minimum Gasteiger partial charge on any atom is -0.465 e. The molecule has 0 aliphatic rings. The summed E-state index contributed by atoms with van der Waals surface area (Å²) in [5.41, 5.74) is 2.83. The summed E-state index contributed by atoms with van der Waals surface area (Å²) in [6.07, 6.45) is 1.79. The van der Waals surface area contributed by atoms with Gasteiger partial charge in [-0.3, -0.25) is 9.58 Å². The van der Waals surface area contributed by atoms with E-state index in [-0.39, 0.29) is 5.97 Å². The zero-order valence-electron chi connectivity index (χ0n) is 14.8. The number of hydrogen-bond acceptors (Lipinski definition) is 4. The molecule has 0 spiro atoms. The topological polar surface area (TPSA) is 47.4 Å². The molecule has 1 heterocycles. The second-order valence-electron chi connectivity index (χ2n) is 6.38. The average Bonchev–Trinajstić information content (AvgIpc) is 3.03. The number of carbonyl (C=O) groups is 1. The van der Waals surface area contributed by atoms with Crippen LogP contribution in [0.25, 0.3) is 10.9 Å². The zero-order valence-corrected chi connectivity index (χ0v) is 14.8. The Labute approximate surface area is 147 Å². The van der Waals surface area contributed by atoms with Crippen molar-refractivity contribution in [2.24, 2.45) is 0 Å². The minimum absolute atomic E-state index is 0.331. The van der Waals surface area contributed by atoms with Gasteiger partial charge in [0.15, 0.2) is 0 Å². The molecule has 5 heteroatoms. The highest BCUT2D eigenvalue weighted by Crippen LogP contribution is 2.18. The molecule has 5 nitrogen and oxygen atoms in total. The van der Waals surface area contributed by atoms with Crippen LogP contribution in [0.15, 0.2) is 54.7 Å². The van der Waals surface area contributed by atoms with Gasteiger partial charge in [0.1, 0.15) is 0 Å². The molecule has 1 aromatic heterocycles. The highest BCUT2D eigenvalue weighted by Gasteiger charge is 2.14. The van der Waals surface area contributed by atoms with Crippen LogP contribution in [0.1, 0.15) is 29.8 Å². The van der Waals surface area contributed by atoms with Crippen molar-refractivity contribution in [3.05, 3.63) is 65.9 Å². The molecule has 0 saturated heterocycles. The van der Waals surface area contributed by atoms with Crippen molar-refractivity contribution in [2.45, 2.75) is 33.1 Å². The number of methoxy groups -OCH3 is 1. The quantitative estimate of drug-likeness (QED) is 0.644. The lowest BCUT2D eigenvalue weighted by Crippen LogP contribution is -2.32. The first-order valence-electron chi connectivity index (χ1n) is 8.40. The third-order valence-electron chi connectivity index (χ3n) is 4.34. The summed E-state index contributed by atoms with van der Waals surface area (Å²) in [7, 11) is 1.39. The van der Waals surface area contributed by atoms with E-state index in [0.29, 0.717) is 18.3 Å². The third kappa shape index (κ3) is 3.88. The number of carbonyl (C=O) groups excluding carboxylic acids is 1. The predicted octanol–water partition coefficient (Wildman–Crippen LogP) is 3.69. The molecule has 2 aromatic carbocycles. The Morgan fingerprint density at radius 2 is 1.96 bits per heavy atom. The fourth-order valence-electron chi connectivity index (χ4n) is 2.83. The highest BCUT2D eigenvalue weighted by atomic mass is 16.5. The normalized spacial score (nSPS) is 11.4. The largest absolute Gasteiger partial charge is 0.465 e. The summed E-state index contributed by atoms with van der Waals surface area (Å²) in [5.74, 6) is -0.331. The monoisotopic (exact) mass is 337 g/mol. The van der Waals surface area contributed by atoms with E-state index in [4.69, 9.17) is 4.74 Å². The van der Waals surface area contributed by atoms with Crippen molar-refractivity contribution >= 4 is 16.9 Å². The Hall–Kier alpha value is -2.66. The molecule has 0 radical (unpaired) electrons. The molecule has 25 heavy (non-hydrogen) atoms. The van der Waals surface area contributed by atoms with Crippen molar-refractivity contribution in [2.75, 3.05) is 7.11 Å². The van der Waals surface area contributed by atoms with Crippen molar-refractivity contribution in [1.82, 2.24) is 14.7 Å². The van der Waals surface area contributed by atoms with E-state index in [1.165, 1.54) is 12.7 Å². The average molecular weight is 337 g/mol. The van der Waals surface area contributed by atoms with Crippen LogP contribution in [0.4, 0.5) is 0 Å². The first-order chi connectivity index (χ1) is 12.1. The Balaban J connectivity index is 1.83. The van der Waals surface area contributed by atoms with Gasteiger partial charge < -0.3 is 4.74 Å². The van der Waals surface area contributed by atoms with Crippen LogP contribution in [0.3, 0.4) is 0 Å². The number of esters is 1. The molecule has 0 fully saturated rings. The molecule has 0 aliphatic heterocycles. The molecule has 3 rings (SSSR count). The van der Waals surface area contributed by atoms with E-state index in [0.717, 1.165) is 17.4 Å². The molecule has 0 aliphatic carbocycles. The van der Waals surface area contributed by atoms with Crippen LogP contribution < -0.4 is 0 Å². The van der Waals surface area contributed by atoms with E-state index >= 15 is 0 Å². The van der Waals surface area contributed by atoms with Crippen LogP contribution in [0, 0.1) is 0 Å². The predicted molar refractivity (Wildman–Crippen MR) is 98.2 cm³/mol. The van der Waals surface area contributed by atoms with Gasteiger partial charge in [-0.25, -0.2) is 4.79 Å². The Bertz CT molecular complexity index is 856. The number of nitrogens with zero attached hydrogens (tertiary/aromatic N) is 3. The molecular weight excluding hydrogens is 314 g/mol. The first kappa shape index (κ1) is 17.2. The molecule has 0 saturated carbocycles. The first-order valence-corrected chi connectivity index (χ1v) is 8.40. The molecule has 0 bridgehead atoms. The lowest BCUT2D eigenvalue weighted by molar-refractivity contribution is 0.0601. The maximum atomic E-state index is 11.7. The maximum Gasteiger partial charge on any atom is 0.337 e. The number of rotatable bonds is 6. The van der Waals surface area contributed by atoms with Gasteiger partial charge in [-0.15, -0.1) is 0 Å². The van der Waals surface area contributed by atoms with Crippen molar-refractivity contribution < 1.29 is 9.53 Å². The Morgan fingerprint density at radius 1 is 1.20 bits per heavy atom. The van der Waals surface area contributed by atoms with Crippen molar-refractivity contribution in [3.63, 3.8) is 0 Å². The summed E-state index contributed by atoms with van der Waals surface area (Å²) in [5, 5.41) is 5.44. The van der Waals surface area contributed by atoms with Gasteiger partial charge in [0.25, 0.3) is 0 Å². The van der Waals surface area contributed by atoms with Gasteiger partial charge >= 0.3 is 5.97 Å². The summed E-state index contributed by atoms with van der Waals surface area (Å²) < 4.78 is 6.75. The lowest BCUT2D eigenvalue weighted by Gasteiger charge is -2.26. The summed E-state index contributed by atoms with van der Waals surface area (Å²) in [6.45, 7) is 5.92. The second kappa shape index (κ2) is 7.49. The summed E-state index contributed by atoms with van der Waals surface area (Å²) >= 11 is 0. The van der Waals surface area contributed by atoms with Crippen molar-refractivity contribution in [1.29, 1.82) is 0 Å². The number of hydrogen-bond donors (Lipinski definition) is 0. The summed E-state index contributed by atoms with van der Waals surface area (Å²) in [4.78, 5) is 14.0. The second-order valence-corrected chi connectivity index (χ2v) is 6.38. The van der Waals surface area contributed by atoms with Gasteiger partial charge in [0.05, 0.1) is 31.1 Å². The fraction of sp³-hybridized carbons (Fsp3) is 0.300. The minimum atomic E-state index is -0.331. The van der Waals surface area contributed by atoms with Gasteiger partial charge in [-0.05, 0) is 37.6 Å². The van der Waals surface area contributed by atoms with Crippen LogP contribution >= 0.6 is 0 Å². The van der Waals surface area contributed by atoms with Crippen LogP contribution in [-0.2, 0) is 18.0 Å². The molecular formula is C20H23N3O2. The Kier molecular flexibility index (Phi) is 5.14. The van der Waals surface area contributed by atoms with E-state index < -0.39 is 0 Å². The van der Waals surface area contributed by atoms with Crippen molar-refractivity contribution in [3.8, 4) is 0 Å². The number of fused-ring (bicyclic) bond motifs is 1. The highest BCUT2D eigenvalue weighted by molar-refractivity contribution is 5.94. The molecule has 130 valence electrons. The van der Waals surface area contributed by atoms with E-state index in [9.17, 15) is 4.79 Å². The Morgan fingerprint density at radius 3 is 2.64 bits per heavy atom. The fourth-order valence-corrected chi connectivity index (χ4v) is 2.83. The van der Waals surface area contributed by atoms with Crippen LogP contribution in [0.2, 0.25) is 0 Å².